The molecule has 0 saturated heterocycles. The van der Waals surface area contributed by atoms with Crippen molar-refractivity contribution in [3.05, 3.63) is 64.7 Å². The van der Waals surface area contributed by atoms with E-state index in [0.717, 1.165) is 11.1 Å². The number of sulfonamides is 1. The van der Waals surface area contributed by atoms with Gasteiger partial charge in [0.1, 0.15) is 0 Å². The topological polar surface area (TPSA) is 102 Å². The molecule has 8 heteroatoms. The molecular weight excluding hydrogens is 392 g/mol. The number of hydrogen-bond acceptors (Lipinski definition) is 5. The molecule has 2 rings (SSSR count). The number of carbonyl (C=O) groups is 2. The van der Waals surface area contributed by atoms with Gasteiger partial charge in [-0.1, -0.05) is 19.1 Å². The highest BCUT2D eigenvalue weighted by molar-refractivity contribution is 7.89. The van der Waals surface area contributed by atoms with Crippen LogP contribution in [0.5, 0.6) is 0 Å². The van der Waals surface area contributed by atoms with Crippen molar-refractivity contribution in [3.8, 4) is 0 Å². The third kappa shape index (κ3) is 5.75. The Hall–Kier alpha value is -2.97. The van der Waals surface area contributed by atoms with Gasteiger partial charge >= 0.3 is 5.97 Å². The fraction of sp³-hybridized carbons (Fsp3) is 0.238. The van der Waals surface area contributed by atoms with Crippen LogP contribution in [0.1, 0.15) is 34.0 Å². The van der Waals surface area contributed by atoms with Gasteiger partial charge in [0.2, 0.25) is 15.9 Å². The predicted molar refractivity (Wildman–Crippen MR) is 112 cm³/mol. The Kier molecular flexibility index (Phi) is 7.30. The van der Waals surface area contributed by atoms with Crippen molar-refractivity contribution < 1.29 is 22.7 Å². The number of nitrogens with one attached hydrogen (secondary N) is 2. The van der Waals surface area contributed by atoms with E-state index in [2.05, 4.69) is 10.0 Å². The number of esters is 1. The number of ether oxygens (including phenoxy) is 1. The Morgan fingerprint density at radius 1 is 1.10 bits per heavy atom. The summed E-state index contributed by atoms with van der Waals surface area (Å²) in [6, 6.07) is 9.51. The number of hydrogen-bond donors (Lipinski definition) is 2. The molecule has 0 unspecified atom stereocenters. The van der Waals surface area contributed by atoms with Crippen LogP contribution in [-0.2, 0) is 19.6 Å². The van der Waals surface area contributed by atoms with Crippen LogP contribution < -0.4 is 10.0 Å². The number of aryl methyl sites for hydroxylation is 1. The normalized spacial score (nSPS) is 11.4. The number of methoxy groups -OCH3 is 1. The molecule has 0 radical (unpaired) electrons. The van der Waals surface area contributed by atoms with Crippen LogP contribution in [0.3, 0.4) is 0 Å². The largest absolute Gasteiger partial charge is 0.465 e. The van der Waals surface area contributed by atoms with Gasteiger partial charge < -0.3 is 10.1 Å². The molecule has 2 aromatic carbocycles. The Morgan fingerprint density at radius 2 is 1.76 bits per heavy atom. The van der Waals surface area contributed by atoms with E-state index in [1.54, 1.807) is 37.3 Å². The smallest absolute Gasteiger partial charge is 0.338 e. The highest BCUT2D eigenvalue weighted by atomic mass is 32.2. The lowest BCUT2D eigenvalue weighted by molar-refractivity contribution is -0.111. The maximum Gasteiger partial charge on any atom is 0.338 e. The van der Waals surface area contributed by atoms with Crippen LogP contribution in [0.2, 0.25) is 0 Å². The molecule has 0 saturated carbocycles. The second kappa shape index (κ2) is 9.49. The predicted octanol–water partition coefficient (Wildman–Crippen LogP) is 3.04. The summed E-state index contributed by atoms with van der Waals surface area (Å²) in [6.45, 7) is 5.67. The third-order valence-corrected chi connectivity index (χ3v) is 5.85. The van der Waals surface area contributed by atoms with E-state index >= 15 is 0 Å². The van der Waals surface area contributed by atoms with Gasteiger partial charge in [0, 0.05) is 18.3 Å². The SMILES string of the molecule is CCNS(=O)(=O)c1ccc(/C=C/C(=O)Nc2cc(C)c(C)c(C(=O)OC)c2)cc1. The third-order valence-electron chi connectivity index (χ3n) is 4.29. The van der Waals surface area contributed by atoms with Crippen LogP contribution in [0.25, 0.3) is 6.08 Å². The summed E-state index contributed by atoms with van der Waals surface area (Å²) >= 11 is 0. The molecule has 0 bridgehead atoms. The first-order chi connectivity index (χ1) is 13.7. The maximum atomic E-state index is 12.2. The minimum absolute atomic E-state index is 0.159. The van der Waals surface area contributed by atoms with E-state index in [4.69, 9.17) is 4.74 Å². The molecule has 0 aromatic heterocycles. The fourth-order valence-corrected chi connectivity index (χ4v) is 3.68. The highest BCUT2D eigenvalue weighted by Crippen LogP contribution is 2.21. The van der Waals surface area contributed by atoms with Crippen LogP contribution in [0.4, 0.5) is 5.69 Å². The molecule has 0 aliphatic rings. The van der Waals surface area contributed by atoms with Crippen molar-refractivity contribution >= 4 is 33.7 Å². The summed E-state index contributed by atoms with van der Waals surface area (Å²) < 4.78 is 31.1. The molecule has 1 amide bonds. The van der Waals surface area contributed by atoms with Crippen molar-refractivity contribution in [3.63, 3.8) is 0 Å². The maximum absolute atomic E-state index is 12.2. The molecule has 2 N–H and O–H groups in total. The second-order valence-corrected chi connectivity index (χ2v) is 8.12. The van der Waals surface area contributed by atoms with Crippen molar-refractivity contribution in [1.82, 2.24) is 4.72 Å². The van der Waals surface area contributed by atoms with Gasteiger partial charge in [-0.3, -0.25) is 4.79 Å². The first kappa shape index (κ1) is 22.3. The standard InChI is InChI=1S/C21H24N2O5S/c1-5-22-29(26,27)18-9-6-16(7-10-18)8-11-20(24)23-17-12-14(2)15(3)19(13-17)21(25)28-4/h6-13,22H,5H2,1-4H3,(H,23,24)/b11-8+. The first-order valence-electron chi connectivity index (χ1n) is 8.96. The van der Waals surface area contributed by atoms with Crippen LogP contribution in [0, 0.1) is 13.8 Å². The minimum atomic E-state index is -3.51. The lowest BCUT2D eigenvalue weighted by atomic mass is 10.0. The van der Waals surface area contributed by atoms with Gasteiger partial charge in [-0.2, -0.15) is 0 Å². The quantitative estimate of drug-likeness (QED) is 0.534. The zero-order valence-electron chi connectivity index (χ0n) is 16.8. The van der Waals surface area contributed by atoms with Crippen LogP contribution >= 0.6 is 0 Å². The lowest BCUT2D eigenvalue weighted by Crippen LogP contribution is -2.22. The van der Waals surface area contributed by atoms with Crippen molar-refractivity contribution in [1.29, 1.82) is 0 Å². The van der Waals surface area contributed by atoms with Crippen molar-refractivity contribution in [2.24, 2.45) is 0 Å². The Bertz CT molecular complexity index is 1040. The molecular formula is C21H24N2O5S. The monoisotopic (exact) mass is 416 g/mol. The molecule has 0 atom stereocenters. The zero-order chi connectivity index (χ0) is 21.6. The van der Waals surface area contributed by atoms with E-state index in [-0.39, 0.29) is 10.8 Å². The molecule has 0 heterocycles. The first-order valence-corrected chi connectivity index (χ1v) is 10.4. The lowest BCUT2D eigenvalue weighted by Gasteiger charge is -2.11. The van der Waals surface area contributed by atoms with Gasteiger partial charge in [-0.05, 0) is 60.9 Å². The number of benzene rings is 2. The van der Waals surface area contributed by atoms with E-state index in [0.29, 0.717) is 23.4 Å². The van der Waals surface area contributed by atoms with Crippen LogP contribution in [0.15, 0.2) is 47.4 Å². The number of anilines is 1. The average Bonchev–Trinajstić information content (AvgIpc) is 2.68. The van der Waals surface area contributed by atoms with Gasteiger partial charge in [0.25, 0.3) is 0 Å². The molecule has 0 spiro atoms. The number of rotatable bonds is 7. The van der Waals surface area contributed by atoms with E-state index in [9.17, 15) is 18.0 Å². The molecule has 2 aromatic rings. The molecule has 0 fully saturated rings. The van der Waals surface area contributed by atoms with E-state index in [1.165, 1.54) is 25.3 Å². The number of carbonyl (C=O) groups excluding carboxylic acids is 2. The summed E-state index contributed by atoms with van der Waals surface area (Å²) in [6.07, 6.45) is 2.90. The van der Waals surface area contributed by atoms with Crippen molar-refractivity contribution in [2.75, 3.05) is 19.0 Å². The molecule has 0 aliphatic carbocycles. The highest BCUT2D eigenvalue weighted by Gasteiger charge is 2.14. The van der Waals surface area contributed by atoms with Gasteiger partial charge in [-0.15, -0.1) is 0 Å². The molecule has 0 aliphatic heterocycles. The molecule has 154 valence electrons. The Balaban J connectivity index is 2.12. The molecule has 29 heavy (non-hydrogen) atoms. The molecule has 7 nitrogen and oxygen atoms in total. The Morgan fingerprint density at radius 3 is 2.34 bits per heavy atom. The summed E-state index contributed by atoms with van der Waals surface area (Å²) in [5.41, 5.74) is 3.19. The summed E-state index contributed by atoms with van der Waals surface area (Å²) in [4.78, 5) is 24.3. The second-order valence-electron chi connectivity index (χ2n) is 6.35. The van der Waals surface area contributed by atoms with Gasteiger partial charge in [-0.25, -0.2) is 17.9 Å². The van der Waals surface area contributed by atoms with Crippen molar-refractivity contribution in [2.45, 2.75) is 25.7 Å². The summed E-state index contributed by atoms with van der Waals surface area (Å²) in [7, 11) is -2.21. The van der Waals surface area contributed by atoms with Gasteiger partial charge in [0.15, 0.2) is 0 Å². The average molecular weight is 416 g/mol. The van der Waals surface area contributed by atoms with E-state index < -0.39 is 16.0 Å². The van der Waals surface area contributed by atoms with E-state index in [1.807, 2.05) is 13.8 Å². The Labute approximate surface area is 170 Å². The summed E-state index contributed by atoms with van der Waals surface area (Å²) in [5.74, 6) is -0.849. The minimum Gasteiger partial charge on any atom is -0.465 e. The fourth-order valence-electron chi connectivity index (χ4n) is 2.64. The zero-order valence-corrected chi connectivity index (χ0v) is 17.6. The van der Waals surface area contributed by atoms with Crippen LogP contribution in [-0.4, -0.2) is 33.9 Å². The van der Waals surface area contributed by atoms with Gasteiger partial charge in [0.05, 0.1) is 17.6 Å². The summed E-state index contributed by atoms with van der Waals surface area (Å²) in [5, 5.41) is 2.71. The number of amides is 1.